The lowest BCUT2D eigenvalue weighted by molar-refractivity contribution is -0.385. The van der Waals surface area contributed by atoms with Crippen molar-refractivity contribution in [1.29, 1.82) is 0 Å². The summed E-state index contributed by atoms with van der Waals surface area (Å²) in [7, 11) is 1.39. The number of benzene rings is 3. The maximum atomic E-state index is 13.3. The lowest BCUT2D eigenvalue weighted by Crippen LogP contribution is -2.27. The number of ether oxygens (including phenoxy) is 2. The first-order valence-electron chi connectivity index (χ1n) is 10.5. The fourth-order valence-corrected chi connectivity index (χ4v) is 4.50. The van der Waals surface area contributed by atoms with Gasteiger partial charge in [-0.2, -0.15) is 0 Å². The fraction of sp³-hybridized carbons (Fsp3) is 0.120. The molecule has 0 aromatic heterocycles. The van der Waals surface area contributed by atoms with Gasteiger partial charge in [-0.05, 0) is 47.2 Å². The van der Waals surface area contributed by atoms with E-state index < -0.39 is 21.9 Å². The molecule has 36 heavy (non-hydrogen) atoms. The molecule has 0 unspecified atom stereocenters. The van der Waals surface area contributed by atoms with Crippen molar-refractivity contribution in [2.45, 2.75) is 13.2 Å². The molecule has 1 fully saturated rings. The van der Waals surface area contributed by atoms with E-state index in [4.69, 9.17) is 21.1 Å². The number of amides is 2. The van der Waals surface area contributed by atoms with Crippen molar-refractivity contribution in [3.05, 3.63) is 103 Å². The highest BCUT2D eigenvalue weighted by Gasteiger charge is 2.36. The van der Waals surface area contributed by atoms with E-state index in [0.717, 1.165) is 16.5 Å². The number of thioether (sulfide) groups is 1. The van der Waals surface area contributed by atoms with Crippen LogP contribution in [0.1, 0.15) is 16.7 Å². The third kappa shape index (κ3) is 5.50. The molecule has 3 aromatic carbocycles. The van der Waals surface area contributed by atoms with Crippen LogP contribution >= 0.6 is 23.4 Å². The van der Waals surface area contributed by atoms with E-state index in [2.05, 4.69) is 0 Å². The largest absolute Gasteiger partial charge is 0.493 e. The maximum Gasteiger partial charge on any atom is 0.293 e. The summed E-state index contributed by atoms with van der Waals surface area (Å²) in [5, 5.41) is 11.3. The van der Waals surface area contributed by atoms with Gasteiger partial charge in [0, 0.05) is 5.02 Å². The summed E-state index contributed by atoms with van der Waals surface area (Å²) in [5.74, 6) is -0.817. The Morgan fingerprint density at radius 1 is 1.11 bits per heavy atom. The van der Waals surface area contributed by atoms with Gasteiger partial charge in [-0.3, -0.25) is 24.6 Å². The molecule has 1 aliphatic heterocycles. The van der Waals surface area contributed by atoms with Crippen LogP contribution in [0.25, 0.3) is 6.08 Å². The number of nitrogens with zero attached hydrogens (tertiary/aromatic N) is 2. The van der Waals surface area contributed by atoms with Crippen LogP contribution in [0.15, 0.2) is 65.6 Å². The molecule has 8 nitrogen and oxygen atoms in total. The van der Waals surface area contributed by atoms with Gasteiger partial charge in [0.15, 0.2) is 11.5 Å². The molecule has 2 amide bonds. The standard InChI is InChI=1S/C25H18ClFN2O6S/c1-34-21-9-17(20(29(32)33)12-22(21)35-14-15-5-3-2-4-6-15)10-23-24(30)28(25(31)36-23)13-16-7-8-18(27)11-19(16)26/h2-12H,13-14H2,1H3/b23-10+. The molecule has 184 valence electrons. The number of carbonyl (C=O) groups excluding carboxylic acids is 2. The summed E-state index contributed by atoms with van der Waals surface area (Å²) in [6.07, 6.45) is 1.26. The lowest BCUT2D eigenvalue weighted by atomic mass is 10.1. The Morgan fingerprint density at radius 3 is 2.53 bits per heavy atom. The third-order valence-electron chi connectivity index (χ3n) is 5.25. The van der Waals surface area contributed by atoms with Gasteiger partial charge in [-0.25, -0.2) is 4.39 Å². The number of methoxy groups -OCH3 is 1. The highest BCUT2D eigenvalue weighted by Crippen LogP contribution is 2.39. The second-order valence-electron chi connectivity index (χ2n) is 7.60. The molecule has 4 rings (SSSR count). The molecule has 0 aliphatic carbocycles. The Bertz CT molecular complexity index is 1380. The van der Waals surface area contributed by atoms with Crippen LogP contribution in [0, 0.1) is 15.9 Å². The average molecular weight is 529 g/mol. The first kappa shape index (κ1) is 25.2. The van der Waals surface area contributed by atoms with Crippen LogP contribution < -0.4 is 9.47 Å². The normalized spacial score (nSPS) is 14.4. The molecule has 1 aliphatic rings. The molecule has 0 spiro atoms. The summed E-state index contributed by atoms with van der Waals surface area (Å²) in [5.41, 5.74) is 0.983. The Labute approximate surface area is 214 Å². The number of hydrogen-bond acceptors (Lipinski definition) is 7. The van der Waals surface area contributed by atoms with E-state index in [1.54, 1.807) is 0 Å². The molecular formula is C25H18ClFN2O6S. The predicted octanol–water partition coefficient (Wildman–Crippen LogP) is 6.21. The maximum absolute atomic E-state index is 13.3. The van der Waals surface area contributed by atoms with Crippen LogP contribution in [0.4, 0.5) is 14.9 Å². The summed E-state index contributed by atoms with van der Waals surface area (Å²) in [6, 6.07) is 15.5. The van der Waals surface area contributed by atoms with E-state index in [0.29, 0.717) is 17.3 Å². The molecule has 0 N–H and O–H groups in total. The fourth-order valence-electron chi connectivity index (χ4n) is 3.44. The van der Waals surface area contributed by atoms with Crippen LogP contribution in [-0.4, -0.2) is 28.1 Å². The van der Waals surface area contributed by atoms with Crippen LogP contribution in [0.5, 0.6) is 11.5 Å². The minimum absolute atomic E-state index is 0.0126. The van der Waals surface area contributed by atoms with E-state index >= 15 is 0 Å². The van der Waals surface area contributed by atoms with Crippen molar-refractivity contribution in [3.8, 4) is 11.5 Å². The average Bonchev–Trinajstić information content (AvgIpc) is 3.12. The van der Waals surface area contributed by atoms with Gasteiger partial charge in [-0.1, -0.05) is 48.0 Å². The Hall–Kier alpha value is -3.89. The van der Waals surface area contributed by atoms with Crippen molar-refractivity contribution in [3.63, 3.8) is 0 Å². The number of nitro benzene ring substituents is 1. The highest BCUT2D eigenvalue weighted by molar-refractivity contribution is 8.18. The van der Waals surface area contributed by atoms with Gasteiger partial charge in [0.05, 0.1) is 35.1 Å². The summed E-state index contributed by atoms with van der Waals surface area (Å²) in [4.78, 5) is 37.6. The summed E-state index contributed by atoms with van der Waals surface area (Å²) >= 11 is 6.66. The molecule has 0 atom stereocenters. The van der Waals surface area contributed by atoms with E-state index in [1.165, 1.54) is 37.5 Å². The molecule has 1 saturated heterocycles. The summed E-state index contributed by atoms with van der Waals surface area (Å²) in [6.45, 7) is -0.00265. The molecule has 11 heteroatoms. The van der Waals surface area contributed by atoms with Gasteiger partial charge >= 0.3 is 0 Å². The number of carbonyl (C=O) groups is 2. The van der Waals surface area contributed by atoms with Gasteiger partial charge in [0.2, 0.25) is 0 Å². The first-order chi connectivity index (χ1) is 17.3. The number of rotatable bonds is 8. The molecule has 0 radical (unpaired) electrons. The highest BCUT2D eigenvalue weighted by atomic mass is 35.5. The van der Waals surface area contributed by atoms with Crippen molar-refractivity contribution in [2.75, 3.05) is 7.11 Å². The molecule has 3 aromatic rings. The third-order valence-corrected chi connectivity index (χ3v) is 6.51. The lowest BCUT2D eigenvalue weighted by Gasteiger charge is -2.13. The topological polar surface area (TPSA) is 99.0 Å². The molecule has 0 bridgehead atoms. The van der Waals surface area contributed by atoms with E-state index in [-0.39, 0.29) is 45.8 Å². The van der Waals surface area contributed by atoms with Gasteiger partial charge in [-0.15, -0.1) is 0 Å². The molecular weight excluding hydrogens is 511 g/mol. The molecule has 0 saturated carbocycles. The second kappa shape index (κ2) is 10.8. The van der Waals surface area contributed by atoms with E-state index in [9.17, 15) is 24.1 Å². The number of hydrogen-bond donors (Lipinski definition) is 0. The van der Waals surface area contributed by atoms with E-state index in [1.807, 2.05) is 30.3 Å². The zero-order valence-electron chi connectivity index (χ0n) is 18.8. The Morgan fingerprint density at radius 2 is 1.86 bits per heavy atom. The van der Waals surface area contributed by atoms with Crippen LogP contribution in [-0.2, 0) is 17.9 Å². The monoisotopic (exact) mass is 528 g/mol. The minimum Gasteiger partial charge on any atom is -0.493 e. The Balaban J connectivity index is 1.62. The second-order valence-corrected chi connectivity index (χ2v) is 9.00. The van der Waals surface area contributed by atoms with Crippen molar-refractivity contribution >= 4 is 46.3 Å². The Kier molecular flexibility index (Phi) is 7.56. The first-order valence-corrected chi connectivity index (χ1v) is 11.7. The smallest absolute Gasteiger partial charge is 0.293 e. The number of halogens is 2. The minimum atomic E-state index is -0.650. The quantitative estimate of drug-likeness (QED) is 0.195. The van der Waals surface area contributed by atoms with Crippen LogP contribution in [0.2, 0.25) is 5.02 Å². The van der Waals surface area contributed by atoms with Gasteiger partial charge in [0.25, 0.3) is 16.8 Å². The zero-order chi connectivity index (χ0) is 25.8. The zero-order valence-corrected chi connectivity index (χ0v) is 20.3. The summed E-state index contributed by atoms with van der Waals surface area (Å²) < 4.78 is 24.4. The van der Waals surface area contributed by atoms with Gasteiger partial charge in [0.1, 0.15) is 12.4 Å². The van der Waals surface area contributed by atoms with Crippen molar-refractivity contribution in [2.24, 2.45) is 0 Å². The number of imide groups is 1. The number of nitro groups is 1. The van der Waals surface area contributed by atoms with Crippen LogP contribution in [0.3, 0.4) is 0 Å². The van der Waals surface area contributed by atoms with Crippen molar-refractivity contribution < 1.29 is 28.4 Å². The van der Waals surface area contributed by atoms with Crippen molar-refractivity contribution in [1.82, 2.24) is 4.90 Å². The SMILES string of the molecule is COc1cc(/C=C2/SC(=O)N(Cc3ccc(F)cc3Cl)C2=O)c([N+](=O)[O-])cc1OCc1ccccc1. The predicted molar refractivity (Wildman–Crippen MR) is 133 cm³/mol. The van der Waals surface area contributed by atoms with Gasteiger partial charge < -0.3 is 9.47 Å². The molecule has 1 heterocycles.